The number of nitrogens with zero attached hydrogens (tertiary/aromatic N) is 2. The van der Waals surface area contributed by atoms with Crippen LogP contribution in [0.3, 0.4) is 0 Å². The molecule has 3 rings (SSSR count). The Morgan fingerprint density at radius 2 is 1.13 bits per heavy atom. The normalized spacial score (nSPS) is 21.6. The van der Waals surface area contributed by atoms with Crippen molar-refractivity contribution in [3.8, 4) is 0 Å². The van der Waals surface area contributed by atoms with E-state index in [-0.39, 0.29) is 33.4 Å². The van der Waals surface area contributed by atoms with E-state index in [1.807, 2.05) is 13.8 Å². The van der Waals surface area contributed by atoms with Crippen LogP contribution in [0.1, 0.15) is 57.9 Å². The Balaban J connectivity index is 1.84. The van der Waals surface area contributed by atoms with Crippen LogP contribution in [0.15, 0.2) is 28.0 Å². The van der Waals surface area contributed by atoms with Gasteiger partial charge in [0.25, 0.3) is 0 Å². The molecule has 0 radical (unpaired) electrons. The first kappa shape index (κ1) is 24.7. The van der Waals surface area contributed by atoms with E-state index < -0.39 is 19.7 Å². The standard InChI is InChI=1S/C23H38N2O4S2/c1-19-10-11-22(30(26,27)17-20(2)24-12-6-4-7-13-24)23(16-19)31(28,29)18-21(3)25-14-8-5-9-15-25/h10-11,16,20-21H,4-9,12-15,17-18H2,1-3H3/t20-,21+/m0/s1. The molecule has 0 saturated carbocycles. The van der Waals surface area contributed by atoms with Crippen LogP contribution >= 0.6 is 0 Å². The van der Waals surface area contributed by atoms with Gasteiger partial charge >= 0.3 is 0 Å². The van der Waals surface area contributed by atoms with E-state index in [4.69, 9.17) is 0 Å². The summed E-state index contributed by atoms with van der Waals surface area (Å²) in [5.41, 5.74) is 0.757. The minimum absolute atomic E-state index is 0.0257. The number of rotatable bonds is 8. The molecule has 2 aliphatic rings. The van der Waals surface area contributed by atoms with Gasteiger partial charge in [-0.3, -0.25) is 9.80 Å². The first-order chi connectivity index (χ1) is 14.6. The van der Waals surface area contributed by atoms with Gasteiger partial charge in [0.1, 0.15) is 0 Å². The van der Waals surface area contributed by atoms with Gasteiger partial charge in [0, 0.05) is 12.1 Å². The second kappa shape index (κ2) is 10.3. The molecule has 0 unspecified atom stereocenters. The monoisotopic (exact) mass is 470 g/mol. The number of sulfone groups is 2. The summed E-state index contributed by atoms with van der Waals surface area (Å²) in [4.78, 5) is 4.36. The van der Waals surface area contributed by atoms with Gasteiger partial charge in [0.15, 0.2) is 19.7 Å². The van der Waals surface area contributed by atoms with Gasteiger partial charge in [0.05, 0.1) is 21.3 Å². The van der Waals surface area contributed by atoms with Crippen molar-refractivity contribution in [1.82, 2.24) is 9.80 Å². The van der Waals surface area contributed by atoms with Gasteiger partial charge in [-0.1, -0.05) is 18.9 Å². The van der Waals surface area contributed by atoms with Crippen LogP contribution in [0.4, 0.5) is 0 Å². The molecule has 8 heteroatoms. The SMILES string of the molecule is Cc1ccc(S(=O)(=O)C[C@H](C)N2CCCCC2)c(S(=O)(=O)C[C@@H](C)N2CCCCC2)c1. The predicted octanol–water partition coefficient (Wildman–Crippen LogP) is 3.29. The third-order valence-corrected chi connectivity index (χ3v) is 10.7. The number of piperidine rings is 2. The van der Waals surface area contributed by atoms with Crippen molar-refractivity contribution in [1.29, 1.82) is 0 Å². The first-order valence-corrected chi connectivity index (χ1v) is 14.9. The minimum Gasteiger partial charge on any atom is -0.300 e. The van der Waals surface area contributed by atoms with Crippen LogP contribution in [0, 0.1) is 6.92 Å². The molecule has 176 valence electrons. The number of hydrogen-bond acceptors (Lipinski definition) is 6. The van der Waals surface area contributed by atoms with E-state index >= 15 is 0 Å². The third-order valence-electron chi connectivity index (χ3n) is 6.72. The summed E-state index contributed by atoms with van der Waals surface area (Å²) in [5, 5.41) is 0. The largest absolute Gasteiger partial charge is 0.300 e. The van der Waals surface area contributed by atoms with E-state index in [1.54, 1.807) is 13.0 Å². The van der Waals surface area contributed by atoms with Gasteiger partial charge in [-0.05, 0) is 90.3 Å². The molecule has 2 heterocycles. The van der Waals surface area contributed by atoms with E-state index in [1.165, 1.54) is 25.0 Å². The number of likely N-dealkylation sites (tertiary alicyclic amines) is 2. The molecule has 0 aliphatic carbocycles. The van der Waals surface area contributed by atoms with Gasteiger partial charge in [-0.15, -0.1) is 0 Å². The van der Waals surface area contributed by atoms with Crippen molar-refractivity contribution in [2.75, 3.05) is 37.7 Å². The van der Waals surface area contributed by atoms with Crippen LogP contribution in [-0.4, -0.2) is 76.4 Å². The Morgan fingerprint density at radius 1 is 0.710 bits per heavy atom. The third kappa shape index (κ3) is 6.30. The Hall–Kier alpha value is -0.960. The van der Waals surface area contributed by atoms with Crippen LogP contribution < -0.4 is 0 Å². The van der Waals surface area contributed by atoms with E-state index in [0.717, 1.165) is 57.4 Å². The number of benzene rings is 1. The lowest BCUT2D eigenvalue weighted by atomic mass is 10.1. The fraction of sp³-hybridized carbons (Fsp3) is 0.739. The molecule has 2 atom stereocenters. The number of aryl methyl sites for hydroxylation is 1. The lowest BCUT2D eigenvalue weighted by Crippen LogP contribution is -2.42. The smallest absolute Gasteiger partial charge is 0.181 e. The van der Waals surface area contributed by atoms with Crippen molar-refractivity contribution >= 4 is 19.7 Å². The topological polar surface area (TPSA) is 74.8 Å². The van der Waals surface area contributed by atoms with Crippen molar-refractivity contribution in [3.05, 3.63) is 23.8 Å². The highest BCUT2D eigenvalue weighted by Crippen LogP contribution is 2.27. The minimum atomic E-state index is -3.74. The molecule has 0 amide bonds. The van der Waals surface area contributed by atoms with Crippen LogP contribution in [-0.2, 0) is 19.7 Å². The molecule has 31 heavy (non-hydrogen) atoms. The first-order valence-electron chi connectivity index (χ1n) is 11.6. The van der Waals surface area contributed by atoms with E-state index in [9.17, 15) is 16.8 Å². The van der Waals surface area contributed by atoms with Gasteiger partial charge in [0.2, 0.25) is 0 Å². The molecule has 6 nitrogen and oxygen atoms in total. The lowest BCUT2D eigenvalue weighted by molar-refractivity contribution is 0.186. The zero-order valence-corrected chi connectivity index (χ0v) is 20.8. The lowest BCUT2D eigenvalue weighted by Gasteiger charge is -2.32. The molecular formula is C23H38N2O4S2. The zero-order chi connectivity index (χ0) is 22.6. The van der Waals surface area contributed by atoms with Gasteiger partial charge < -0.3 is 0 Å². The Bertz CT molecular complexity index is 948. The molecule has 2 saturated heterocycles. The highest BCUT2D eigenvalue weighted by molar-refractivity contribution is 7.94. The van der Waals surface area contributed by atoms with Crippen molar-refractivity contribution < 1.29 is 16.8 Å². The Morgan fingerprint density at radius 3 is 1.58 bits per heavy atom. The van der Waals surface area contributed by atoms with Crippen LogP contribution in [0.5, 0.6) is 0 Å². The predicted molar refractivity (Wildman–Crippen MR) is 125 cm³/mol. The summed E-state index contributed by atoms with van der Waals surface area (Å²) >= 11 is 0. The maximum absolute atomic E-state index is 13.4. The molecule has 0 bridgehead atoms. The molecule has 2 aliphatic heterocycles. The molecule has 0 N–H and O–H groups in total. The summed E-state index contributed by atoms with van der Waals surface area (Å²) in [6, 6.07) is 4.47. The maximum Gasteiger partial charge on any atom is 0.181 e. The van der Waals surface area contributed by atoms with E-state index in [0.29, 0.717) is 0 Å². The second-order valence-electron chi connectivity index (χ2n) is 9.40. The summed E-state index contributed by atoms with van der Waals surface area (Å²) in [5.74, 6) is -0.110. The quantitative estimate of drug-likeness (QED) is 0.580. The summed E-state index contributed by atoms with van der Waals surface area (Å²) in [7, 11) is -7.47. The fourth-order valence-corrected chi connectivity index (χ4v) is 9.05. The van der Waals surface area contributed by atoms with Crippen molar-refractivity contribution in [3.63, 3.8) is 0 Å². The van der Waals surface area contributed by atoms with Crippen molar-refractivity contribution in [2.45, 2.75) is 81.2 Å². The molecular weight excluding hydrogens is 432 g/mol. The van der Waals surface area contributed by atoms with Crippen LogP contribution in [0.2, 0.25) is 0 Å². The summed E-state index contributed by atoms with van der Waals surface area (Å²) < 4.78 is 53.5. The van der Waals surface area contributed by atoms with E-state index in [2.05, 4.69) is 9.80 Å². The van der Waals surface area contributed by atoms with Gasteiger partial charge in [-0.25, -0.2) is 16.8 Å². The average molecular weight is 471 g/mol. The summed E-state index contributed by atoms with van der Waals surface area (Å²) in [6.45, 7) is 9.30. The molecule has 1 aromatic carbocycles. The summed E-state index contributed by atoms with van der Waals surface area (Å²) in [6.07, 6.45) is 6.72. The Labute approximate surface area is 188 Å². The molecule has 1 aromatic rings. The second-order valence-corrected chi connectivity index (χ2v) is 13.4. The fourth-order valence-electron chi connectivity index (χ4n) is 4.86. The highest BCUT2D eigenvalue weighted by Gasteiger charge is 2.32. The van der Waals surface area contributed by atoms with Crippen molar-refractivity contribution in [2.24, 2.45) is 0 Å². The molecule has 0 aromatic heterocycles. The highest BCUT2D eigenvalue weighted by atomic mass is 32.2. The zero-order valence-electron chi connectivity index (χ0n) is 19.2. The van der Waals surface area contributed by atoms with Gasteiger partial charge in [-0.2, -0.15) is 0 Å². The maximum atomic E-state index is 13.4. The number of hydrogen-bond donors (Lipinski definition) is 0. The van der Waals surface area contributed by atoms with Crippen LogP contribution in [0.25, 0.3) is 0 Å². The molecule has 0 spiro atoms. The molecule has 2 fully saturated rings. The Kier molecular flexibility index (Phi) is 8.21. The average Bonchev–Trinajstić information content (AvgIpc) is 2.74.